The molecular formula is C7H9O2PS. The van der Waals surface area contributed by atoms with Crippen molar-refractivity contribution in [2.24, 2.45) is 0 Å². The molecule has 0 aliphatic carbocycles. The molecule has 0 atom stereocenters. The summed E-state index contributed by atoms with van der Waals surface area (Å²) in [6, 6.07) is 3.46. The summed E-state index contributed by atoms with van der Waals surface area (Å²) < 4.78 is 12.3. The van der Waals surface area contributed by atoms with Gasteiger partial charge in [0.2, 0.25) is 0 Å². The zero-order valence-corrected chi connectivity index (χ0v) is 8.11. The van der Waals surface area contributed by atoms with Crippen molar-refractivity contribution in [1.29, 1.82) is 0 Å². The van der Waals surface area contributed by atoms with Crippen LogP contribution in [0.1, 0.15) is 9.67 Å². The summed E-state index contributed by atoms with van der Waals surface area (Å²) in [5.74, 6) is 0. The van der Waals surface area contributed by atoms with E-state index in [4.69, 9.17) is 0 Å². The molecular weight excluding hydrogens is 179 g/mol. The summed E-state index contributed by atoms with van der Waals surface area (Å²) in [6.07, 6.45) is 0.782. The Morgan fingerprint density at radius 3 is 2.36 bits per heavy atom. The number of carbonyl (C=O) groups is 1. The van der Waals surface area contributed by atoms with Crippen LogP contribution in [0.2, 0.25) is 0 Å². The number of rotatable bonds is 2. The summed E-state index contributed by atoms with van der Waals surface area (Å²) in [4.78, 5) is 10.9. The maximum absolute atomic E-state index is 11.4. The van der Waals surface area contributed by atoms with Crippen molar-refractivity contribution in [3.63, 3.8) is 0 Å². The second kappa shape index (κ2) is 2.92. The first-order valence-corrected chi connectivity index (χ1v) is 6.56. The highest BCUT2D eigenvalue weighted by Crippen LogP contribution is 2.37. The van der Waals surface area contributed by atoms with Gasteiger partial charge in [0.25, 0.3) is 0 Å². The zero-order chi connectivity index (χ0) is 8.48. The first-order chi connectivity index (χ1) is 5.04. The zero-order valence-electron chi connectivity index (χ0n) is 6.40. The van der Waals surface area contributed by atoms with Gasteiger partial charge in [0.05, 0.1) is 9.50 Å². The van der Waals surface area contributed by atoms with Crippen LogP contribution in [0.5, 0.6) is 0 Å². The molecule has 0 aromatic carbocycles. The highest BCUT2D eigenvalue weighted by atomic mass is 32.1. The summed E-state index contributed by atoms with van der Waals surface area (Å²) in [5, 5.41) is 0. The van der Waals surface area contributed by atoms with Crippen molar-refractivity contribution < 1.29 is 9.36 Å². The van der Waals surface area contributed by atoms with E-state index in [-0.39, 0.29) is 0 Å². The summed E-state index contributed by atoms with van der Waals surface area (Å²) in [6.45, 7) is 3.40. The normalized spacial score (nSPS) is 11.5. The van der Waals surface area contributed by atoms with Crippen molar-refractivity contribution in [1.82, 2.24) is 0 Å². The Morgan fingerprint density at radius 1 is 1.45 bits per heavy atom. The third-order valence-corrected chi connectivity index (χ3v) is 4.88. The molecule has 2 nitrogen and oxygen atoms in total. The Morgan fingerprint density at radius 2 is 2.09 bits per heavy atom. The Bertz CT molecular complexity index is 310. The topological polar surface area (TPSA) is 34.1 Å². The second-order valence-corrected chi connectivity index (χ2v) is 7.25. The maximum atomic E-state index is 11.4. The van der Waals surface area contributed by atoms with Crippen molar-refractivity contribution >= 4 is 29.4 Å². The molecule has 1 heterocycles. The average Bonchev–Trinajstić information content (AvgIpc) is 2.32. The molecule has 1 aromatic rings. The van der Waals surface area contributed by atoms with Crippen LogP contribution in [0.25, 0.3) is 0 Å². The molecule has 11 heavy (non-hydrogen) atoms. The van der Waals surface area contributed by atoms with Crippen LogP contribution in [-0.2, 0) is 4.57 Å². The van der Waals surface area contributed by atoms with Gasteiger partial charge in [-0.25, -0.2) is 0 Å². The van der Waals surface area contributed by atoms with E-state index < -0.39 is 7.14 Å². The van der Waals surface area contributed by atoms with Crippen LogP contribution < -0.4 is 4.62 Å². The second-order valence-electron chi connectivity index (χ2n) is 2.64. The van der Waals surface area contributed by atoms with Gasteiger partial charge in [0.15, 0.2) is 6.29 Å². The molecule has 0 fully saturated rings. The maximum Gasteiger partial charge on any atom is 0.160 e. The lowest BCUT2D eigenvalue weighted by atomic mass is 10.5. The minimum Gasteiger partial charge on any atom is -0.318 e. The van der Waals surface area contributed by atoms with E-state index in [1.54, 1.807) is 25.5 Å². The third-order valence-electron chi connectivity index (χ3n) is 1.26. The molecule has 0 unspecified atom stereocenters. The standard InChI is InChI=1S/C7H9O2PS/c1-10(2,9)7-4-3-6(5-8)11-7/h3-5H,1-2H3. The predicted octanol–water partition coefficient (Wildman–Crippen LogP) is 1.81. The van der Waals surface area contributed by atoms with E-state index in [1.165, 1.54) is 11.3 Å². The number of hydrogen-bond acceptors (Lipinski definition) is 3. The lowest BCUT2D eigenvalue weighted by Gasteiger charge is -1.99. The first-order valence-electron chi connectivity index (χ1n) is 3.14. The fourth-order valence-corrected chi connectivity index (χ4v) is 2.89. The van der Waals surface area contributed by atoms with Crippen molar-refractivity contribution in [3.8, 4) is 0 Å². The van der Waals surface area contributed by atoms with Gasteiger partial charge in [-0.3, -0.25) is 4.79 Å². The molecule has 0 aliphatic heterocycles. The fourth-order valence-electron chi connectivity index (χ4n) is 0.695. The van der Waals surface area contributed by atoms with Crippen LogP contribution in [0.4, 0.5) is 0 Å². The molecule has 0 spiro atoms. The summed E-state index contributed by atoms with van der Waals surface area (Å²) in [5.41, 5.74) is 0. The van der Waals surface area contributed by atoms with E-state index >= 15 is 0 Å². The molecule has 0 radical (unpaired) electrons. The van der Waals surface area contributed by atoms with E-state index in [0.29, 0.717) is 4.88 Å². The molecule has 0 saturated carbocycles. The molecule has 0 N–H and O–H groups in total. The molecule has 60 valence electrons. The first kappa shape index (κ1) is 8.69. The summed E-state index contributed by atoms with van der Waals surface area (Å²) >= 11 is 1.31. The Labute approximate surface area is 69.6 Å². The van der Waals surface area contributed by atoms with Crippen molar-refractivity contribution in [3.05, 3.63) is 17.0 Å². The van der Waals surface area contributed by atoms with Gasteiger partial charge in [0, 0.05) is 0 Å². The Hall–Kier alpha value is -0.400. The Balaban J connectivity index is 3.08. The van der Waals surface area contributed by atoms with E-state index in [2.05, 4.69) is 0 Å². The van der Waals surface area contributed by atoms with E-state index in [1.807, 2.05) is 0 Å². The molecule has 1 aromatic heterocycles. The fraction of sp³-hybridized carbons (Fsp3) is 0.286. The van der Waals surface area contributed by atoms with Gasteiger partial charge in [-0.1, -0.05) is 0 Å². The van der Waals surface area contributed by atoms with Gasteiger partial charge in [-0.15, -0.1) is 11.3 Å². The SMILES string of the molecule is CP(C)(=O)c1ccc(C=O)s1. The highest BCUT2D eigenvalue weighted by Gasteiger charge is 2.12. The molecule has 0 amide bonds. The van der Waals surface area contributed by atoms with E-state index in [0.717, 1.165) is 10.9 Å². The number of carbonyl (C=O) groups excluding carboxylic acids is 1. The highest BCUT2D eigenvalue weighted by molar-refractivity contribution is 7.75. The van der Waals surface area contributed by atoms with Crippen LogP contribution >= 0.6 is 18.5 Å². The molecule has 0 bridgehead atoms. The van der Waals surface area contributed by atoms with Crippen molar-refractivity contribution in [2.45, 2.75) is 0 Å². The van der Waals surface area contributed by atoms with Gasteiger partial charge < -0.3 is 4.57 Å². The lowest BCUT2D eigenvalue weighted by Crippen LogP contribution is -1.93. The average molecular weight is 188 g/mol. The quantitative estimate of drug-likeness (QED) is 0.524. The van der Waals surface area contributed by atoms with Gasteiger partial charge >= 0.3 is 0 Å². The minimum atomic E-state index is -2.15. The van der Waals surface area contributed by atoms with Crippen LogP contribution in [0.3, 0.4) is 0 Å². The van der Waals surface area contributed by atoms with E-state index in [9.17, 15) is 9.36 Å². The molecule has 0 saturated heterocycles. The van der Waals surface area contributed by atoms with Crippen molar-refractivity contribution in [2.75, 3.05) is 13.3 Å². The van der Waals surface area contributed by atoms with Crippen LogP contribution in [0, 0.1) is 0 Å². The monoisotopic (exact) mass is 188 g/mol. The third kappa shape index (κ3) is 2.01. The number of aldehydes is 1. The summed E-state index contributed by atoms with van der Waals surface area (Å²) in [7, 11) is -2.15. The predicted molar refractivity (Wildman–Crippen MR) is 48.8 cm³/mol. The Kier molecular flexibility index (Phi) is 2.31. The van der Waals surface area contributed by atoms with Gasteiger partial charge in [-0.05, 0) is 25.5 Å². The van der Waals surface area contributed by atoms with Crippen LogP contribution in [-0.4, -0.2) is 19.6 Å². The molecule has 1 rings (SSSR count). The minimum absolute atomic E-state index is 0.643. The molecule has 4 heteroatoms. The smallest absolute Gasteiger partial charge is 0.160 e. The molecule has 0 aliphatic rings. The van der Waals surface area contributed by atoms with Crippen LogP contribution in [0.15, 0.2) is 12.1 Å². The lowest BCUT2D eigenvalue weighted by molar-refractivity contribution is 0.112. The number of hydrogen-bond donors (Lipinski definition) is 0. The van der Waals surface area contributed by atoms with Gasteiger partial charge in [0.1, 0.15) is 7.14 Å². The van der Waals surface area contributed by atoms with Gasteiger partial charge in [-0.2, -0.15) is 0 Å². The number of thiophene rings is 1. The largest absolute Gasteiger partial charge is 0.318 e.